The van der Waals surface area contributed by atoms with Crippen molar-refractivity contribution in [2.45, 2.75) is 32.7 Å². The topological polar surface area (TPSA) is 53.7 Å². The van der Waals surface area contributed by atoms with Crippen LogP contribution >= 0.6 is 0 Å². The second kappa shape index (κ2) is 7.50. The Morgan fingerprint density at radius 1 is 1.35 bits per heavy atom. The van der Waals surface area contributed by atoms with Crippen LogP contribution in [0.15, 0.2) is 18.2 Å². The molecule has 0 saturated carbocycles. The summed E-state index contributed by atoms with van der Waals surface area (Å²) in [4.78, 5) is 0. The first-order chi connectivity index (χ1) is 9.69. The molecule has 20 heavy (non-hydrogen) atoms. The number of nitrogens with two attached hydrogens (primary N) is 1. The monoisotopic (exact) mass is 279 g/mol. The van der Waals surface area contributed by atoms with Crippen molar-refractivity contribution in [3.05, 3.63) is 23.8 Å². The Balaban J connectivity index is 2.01. The number of hydrogen-bond donors (Lipinski definition) is 1. The molecule has 1 heterocycles. The Morgan fingerprint density at radius 2 is 2.20 bits per heavy atom. The predicted octanol–water partition coefficient (Wildman–Crippen LogP) is 2.39. The van der Waals surface area contributed by atoms with Gasteiger partial charge in [-0.1, -0.05) is 6.07 Å². The van der Waals surface area contributed by atoms with Gasteiger partial charge in [0.05, 0.1) is 19.8 Å². The van der Waals surface area contributed by atoms with E-state index in [1.54, 1.807) is 0 Å². The highest BCUT2D eigenvalue weighted by atomic mass is 16.5. The molecule has 4 heteroatoms. The second-order valence-corrected chi connectivity index (χ2v) is 5.44. The molecule has 1 aliphatic rings. The molecule has 0 bridgehead atoms. The van der Waals surface area contributed by atoms with E-state index in [0.717, 1.165) is 37.6 Å². The molecular formula is C16H25NO3. The van der Waals surface area contributed by atoms with Crippen LogP contribution in [-0.4, -0.2) is 32.5 Å². The van der Waals surface area contributed by atoms with Crippen LogP contribution in [0.5, 0.6) is 11.5 Å². The Hall–Kier alpha value is -1.26. The molecule has 1 aromatic rings. The quantitative estimate of drug-likeness (QED) is 0.832. The molecule has 0 aromatic heterocycles. The summed E-state index contributed by atoms with van der Waals surface area (Å²) in [5.41, 5.74) is 7.02. The van der Waals surface area contributed by atoms with Crippen LogP contribution in [-0.2, 0) is 11.2 Å². The summed E-state index contributed by atoms with van der Waals surface area (Å²) in [6.45, 7) is 6.95. The summed E-state index contributed by atoms with van der Waals surface area (Å²) in [5, 5.41) is 0. The normalized spacial score (nSPS) is 19.9. The predicted molar refractivity (Wildman–Crippen MR) is 79.4 cm³/mol. The van der Waals surface area contributed by atoms with Crippen molar-refractivity contribution in [3.63, 3.8) is 0 Å². The summed E-state index contributed by atoms with van der Waals surface area (Å²) in [5.74, 6) is 2.12. The fraction of sp³-hybridized carbons (Fsp3) is 0.625. The zero-order chi connectivity index (χ0) is 14.4. The van der Waals surface area contributed by atoms with E-state index in [4.69, 9.17) is 19.9 Å². The van der Waals surface area contributed by atoms with Crippen molar-refractivity contribution in [2.24, 2.45) is 11.7 Å². The van der Waals surface area contributed by atoms with Gasteiger partial charge in [0.25, 0.3) is 0 Å². The Kier molecular flexibility index (Phi) is 5.68. The number of hydrogen-bond acceptors (Lipinski definition) is 4. The van der Waals surface area contributed by atoms with Gasteiger partial charge in [0.1, 0.15) is 0 Å². The Bertz CT molecular complexity index is 414. The summed E-state index contributed by atoms with van der Waals surface area (Å²) >= 11 is 0. The van der Waals surface area contributed by atoms with Gasteiger partial charge in [-0.05, 0) is 44.4 Å². The lowest BCUT2D eigenvalue weighted by Crippen LogP contribution is -2.18. The van der Waals surface area contributed by atoms with Gasteiger partial charge in [-0.25, -0.2) is 0 Å². The van der Waals surface area contributed by atoms with E-state index in [1.165, 1.54) is 5.56 Å². The molecule has 2 unspecified atom stereocenters. The van der Waals surface area contributed by atoms with Crippen molar-refractivity contribution in [3.8, 4) is 11.5 Å². The zero-order valence-corrected chi connectivity index (χ0v) is 12.4. The molecule has 0 radical (unpaired) electrons. The minimum Gasteiger partial charge on any atom is -0.490 e. The molecule has 2 N–H and O–H groups in total. The van der Waals surface area contributed by atoms with Crippen LogP contribution < -0.4 is 15.2 Å². The first kappa shape index (κ1) is 15.1. The number of rotatable bonds is 7. The highest BCUT2D eigenvalue weighted by Crippen LogP contribution is 2.30. The summed E-state index contributed by atoms with van der Waals surface area (Å²) in [7, 11) is 0. The maximum Gasteiger partial charge on any atom is 0.161 e. The lowest BCUT2D eigenvalue weighted by molar-refractivity contribution is 0.165. The molecule has 1 aromatic carbocycles. The van der Waals surface area contributed by atoms with Crippen LogP contribution in [0.3, 0.4) is 0 Å². The third kappa shape index (κ3) is 4.39. The van der Waals surface area contributed by atoms with Crippen molar-refractivity contribution >= 4 is 0 Å². The van der Waals surface area contributed by atoms with Gasteiger partial charge in [0.2, 0.25) is 0 Å². The van der Waals surface area contributed by atoms with E-state index in [9.17, 15) is 0 Å². The van der Waals surface area contributed by atoms with Crippen molar-refractivity contribution < 1.29 is 14.2 Å². The van der Waals surface area contributed by atoms with E-state index in [2.05, 4.69) is 6.07 Å². The highest BCUT2D eigenvalue weighted by Gasteiger charge is 2.17. The molecule has 1 saturated heterocycles. The average Bonchev–Trinajstić information content (AvgIpc) is 2.90. The largest absolute Gasteiger partial charge is 0.490 e. The highest BCUT2D eigenvalue weighted by molar-refractivity contribution is 5.43. The molecule has 2 rings (SSSR count). The molecule has 1 aliphatic heterocycles. The maximum atomic E-state index is 5.90. The summed E-state index contributed by atoms with van der Waals surface area (Å²) < 4.78 is 16.9. The molecule has 2 atom stereocenters. The Morgan fingerprint density at radius 3 is 2.85 bits per heavy atom. The van der Waals surface area contributed by atoms with E-state index in [-0.39, 0.29) is 6.04 Å². The third-order valence-corrected chi connectivity index (χ3v) is 3.36. The first-order valence-corrected chi connectivity index (χ1v) is 7.41. The van der Waals surface area contributed by atoms with Crippen LogP contribution in [0.25, 0.3) is 0 Å². The van der Waals surface area contributed by atoms with Gasteiger partial charge in [0.15, 0.2) is 11.5 Å². The van der Waals surface area contributed by atoms with Gasteiger partial charge in [-0.2, -0.15) is 0 Å². The molecule has 112 valence electrons. The smallest absolute Gasteiger partial charge is 0.161 e. The molecule has 0 spiro atoms. The average molecular weight is 279 g/mol. The minimum atomic E-state index is 0.145. The van der Waals surface area contributed by atoms with Crippen LogP contribution in [0.4, 0.5) is 0 Å². The zero-order valence-electron chi connectivity index (χ0n) is 12.4. The molecule has 0 aliphatic carbocycles. The van der Waals surface area contributed by atoms with E-state index >= 15 is 0 Å². The van der Waals surface area contributed by atoms with Crippen LogP contribution in [0, 0.1) is 5.92 Å². The summed E-state index contributed by atoms with van der Waals surface area (Å²) in [6, 6.07) is 6.23. The van der Waals surface area contributed by atoms with E-state index < -0.39 is 0 Å². The third-order valence-electron chi connectivity index (χ3n) is 3.36. The number of benzene rings is 1. The maximum absolute atomic E-state index is 5.90. The molecule has 0 amide bonds. The van der Waals surface area contributed by atoms with Gasteiger partial charge >= 0.3 is 0 Å². The lowest BCUT2D eigenvalue weighted by atomic mass is 10.1. The fourth-order valence-corrected chi connectivity index (χ4v) is 2.36. The lowest BCUT2D eigenvalue weighted by Gasteiger charge is -2.16. The SMILES string of the molecule is CCOc1cc(CC(C)N)ccc1OCC1CCOC1. The molecule has 1 fully saturated rings. The first-order valence-electron chi connectivity index (χ1n) is 7.41. The summed E-state index contributed by atoms with van der Waals surface area (Å²) in [6.07, 6.45) is 1.92. The van der Waals surface area contributed by atoms with Gasteiger partial charge in [0, 0.05) is 18.6 Å². The van der Waals surface area contributed by atoms with Crippen molar-refractivity contribution in [1.82, 2.24) is 0 Å². The molecule has 4 nitrogen and oxygen atoms in total. The van der Waals surface area contributed by atoms with E-state index in [1.807, 2.05) is 26.0 Å². The standard InChI is InChI=1S/C16H25NO3/c1-3-19-16-9-13(8-12(2)17)4-5-15(16)20-11-14-6-7-18-10-14/h4-5,9,12,14H,3,6-8,10-11,17H2,1-2H3. The second-order valence-electron chi connectivity index (χ2n) is 5.44. The van der Waals surface area contributed by atoms with Crippen LogP contribution in [0.2, 0.25) is 0 Å². The van der Waals surface area contributed by atoms with Crippen molar-refractivity contribution in [2.75, 3.05) is 26.4 Å². The van der Waals surface area contributed by atoms with Gasteiger partial charge < -0.3 is 19.9 Å². The molecular weight excluding hydrogens is 254 g/mol. The number of ether oxygens (including phenoxy) is 3. The van der Waals surface area contributed by atoms with Crippen LogP contribution in [0.1, 0.15) is 25.8 Å². The van der Waals surface area contributed by atoms with Gasteiger partial charge in [-0.15, -0.1) is 0 Å². The minimum absolute atomic E-state index is 0.145. The fourth-order valence-electron chi connectivity index (χ4n) is 2.36. The Labute approximate surface area is 121 Å². The van der Waals surface area contributed by atoms with Crippen molar-refractivity contribution in [1.29, 1.82) is 0 Å². The van der Waals surface area contributed by atoms with Gasteiger partial charge in [-0.3, -0.25) is 0 Å². The van der Waals surface area contributed by atoms with E-state index in [0.29, 0.717) is 19.1 Å².